The summed E-state index contributed by atoms with van der Waals surface area (Å²) in [5.41, 5.74) is 1.84. The lowest BCUT2D eigenvalue weighted by atomic mass is 10.3. The standard InChI is InChI=1S/C18H26N4O3.HI/c1-4-14-11-17(25-22-14)13-20-18(19-2)21-15-7-5-8-16(12-15)24-10-6-9-23-3;/h5,7-8,11-12H,4,6,9-10,13H2,1-3H3,(H2,19,20,21);1H. The Bertz CT molecular complexity index is 676. The fraction of sp³-hybridized carbons (Fsp3) is 0.444. The van der Waals surface area contributed by atoms with Crippen LogP contribution in [0.5, 0.6) is 5.75 Å². The number of nitrogens with one attached hydrogen (secondary N) is 2. The number of nitrogens with zero attached hydrogens (tertiary/aromatic N) is 2. The maximum atomic E-state index is 5.70. The first-order valence-corrected chi connectivity index (χ1v) is 8.39. The normalized spacial score (nSPS) is 11.0. The number of rotatable bonds is 9. The molecule has 0 bridgehead atoms. The van der Waals surface area contributed by atoms with Gasteiger partial charge in [0.2, 0.25) is 0 Å². The summed E-state index contributed by atoms with van der Waals surface area (Å²) in [6, 6.07) is 9.69. The van der Waals surface area contributed by atoms with Crippen LogP contribution in [0.4, 0.5) is 5.69 Å². The second-order valence-corrected chi connectivity index (χ2v) is 5.41. The largest absolute Gasteiger partial charge is 0.493 e. The minimum absolute atomic E-state index is 0. The van der Waals surface area contributed by atoms with Crippen LogP contribution in [0.1, 0.15) is 24.8 Å². The lowest BCUT2D eigenvalue weighted by Crippen LogP contribution is -2.30. The summed E-state index contributed by atoms with van der Waals surface area (Å²) in [6.45, 7) is 3.87. The quantitative estimate of drug-likeness (QED) is 0.251. The van der Waals surface area contributed by atoms with Gasteiger partial charge in [-0.3, -0.25) is 4.99 Å². The number of halogens is 1. The number of hydrogen-bond acceptors (Lipinski definition) is 5. The molecule has 0 aliphatic rings. The Hall–Kier alpha value is -1.81. The molecule has 2 aromatic rings. The van der Waals surface area contributed by atoms with Crippen molar-refractivity contribution in [2.24, 2.45) is 4.99 Å². The minimum Gasteiger partial charge on any atom is -0.493 e. The van der Waals surface area contributed by atoms with Gasteiger partial charge in [-0.1, -0.05) is 18.1 Å². The second kappa shape index (κ2) is 12.5. The van der Waals surface area contributed by atoms with Crippen LogP contribution >= 0.6 is 24.0 Å². The van der Waals surface area contributed by atoms with Crippen molar-refractivity contribution in [2.75, 3.05) is 32.7 Å². The molecular weight excluding hydrogens is 447 g/mol. The van der Waals surface area contributed by atoms with E-state index in [1.54, 1.807) is 14.2 Å². The summed E-state index contributed by atoms with van der Waals surface area (Å²) in [5, 5.41) is 10.4. The summed E-state index contributed by atoms with van der Waals surface area (Å²) in [5.74, 6) is 2.22. The predicted molar refractivity (Wildman–Crippen MR) is 114 cm³/mol. The number of aliphatic imine (C=N–C) groups is 1. The van der Waals surface area contributed by atoms with Crippen molar-refractivity contribution in [2.45, 2.75) is 26.3 Å². The van der Waals surface area contributed by atoms with E-state index in [0.29, 0.717) is 25.7 Å². The molecule has 2 N–H and O–H groups in total. The fourth-order valence-electron chi connectivity index (χ4n) is 2.15. The third kappa shape index (κ3) is 7.61. The number of aryl methyl sites for hydroxylation is 1. The summed E-state index contributed by atoms with van der Waals surface area (Å²) in [7, 11) is 3.41. The lowest BCUT2D eigenvalue weighted by Gasteiger charge is -2.12. The van der Waals surface area contributed by atoms with E-state index in [1.807, 2.05) is 37.3 Å². The van der Waals surface area contributed by atoms with E-state index >= 15 is 0 Å². The third-order valence-corrected chi connectivity index (χ3v) is 3.48. The highest BCUT2D eigenvalue weighted by atomic mass is 127. The third-order valence-electron chi connectivity index (χ3n) is 3.48. The number of benzene rings is 1. The van der Waals surface area contributed by atoms with E-state index in [1.165, 1.54) is 0 Å². The lowest BCUT2D eigenvalue weighted by molar-refractivity contribution is 0.172. The van der Waals surface area contributed by atoms with E-state index in [-0.39, 0.29) is 24.0 Å². The number of ether oxygens (including phenoxy) is 2. The summed E-state index contributed by atoms with van der Waals surface area (Å²) < 4.78 is 16.0. The van der Waals surface area contributed by atoms with Gasteiger partial charge in [-0.25, -0.2) is 0 Å². The van der Waals surface area contributed by atoms with Crippen LogP contribution in [0.15, 0.2) is 39.8 Å². The molecule has 1 aromatic carbocycles. The van der Waals surface area contributed by atoms with Crippen molar-refractivity contribution in [1.82, 2.24) is 10.5 Å². The van der Waals surface area contributed by atoms with E-state index in [0.717, 1.165) is 35.7 Å². The average Bonchev–Trinajstić information content (AvgIpc) is 3.11. The van der Waals surface area contributed by atoms with Crippen LogP contribution in [0.3, 0.4) is 0 Å². The number of methoxy groups -OCH3 is 1. The Labute approximate surface area is 171 Å². The van der Waals surface area contributed by atoms with Crippen molar-refractivity contribution in [1.29, 1.82) is 0 Å². The molecule has 0 radical (unpaired) electrons. The average molecular weight is 474 g/mol. The predicted octanol–water partition coefficient (Wildman–Crippen LogP) is 3.46. The molecule has 0 saturated carbocycles. The van der Waals surface area contributed by atoms with Gasteiger partial charge in [0.15, 0.2) is 11.7 Å². The molecule has 0 aliphatic carbocycles. The van der Waals surface area contributed by atoms with Crippen LogP contribution in [0, 0.1) is 0 Å². The highest BCUT2D eigenvalue weighted by Gasteiger charge is 2.05. The van der Waals surface area contributed by atoms with Crippen molar-refractivity contribution in [3.05, 3.63) is 41.8 Å². The van der Waals surface area contributed by atoms with Gasteiger partial charge in [0.05, 0.1) is 18.8 Å². The van der Waals surface area contributed by atoms with E-state index in [9.17, 15) is 0 Å². The van der Waals surface area contributed by atoms with Crippen molar-refractivity contribution >= 4 is 35.6 Å². The molecule has 0 spiro atoms. The van der Waals surface area contributed by atoms with Crippen LogP contribution in [0.2, 0.25) is 0 Å². The first kappa shape index (κ1) is 22.2. The number of anilines is 1. The molecule has 8 heteroatoms. The molecule has 0 atom stereocenters. The van der Waals surface area contributed by atoms with Crippen molar-refractivity contribution < 1.29 is 14.0 Å². The van der Waals surface area contributed by atoms with Gasteiger partial charge in [0, 0.05) is 45.0 Å². The van der Waals surface area contributed by atoms with Gasteiger partial charge >= 0.3 is 0 Å². The monoisotopic (exact) mass is 474 g/mol. The van der Waals surface area contributed by atoms with Crippen LogP contribution in [-0.4, -0.2) is 38.5 Å². The van der Waals surface area contributed by atoms with Crippen LogP contribution < -0.4 is 15.4 Å². The zero-order valence-electron chi connectivity index (χ0n) is 15.4. The van der Waals surface area contributed by atoms with Gasteiger partial charge in [-0.05, 0) is 18.6 Å². The highest BCUT2D eigenvalue weighted by molar-refractivity contribution is 14.0. The number of aromatic nitrogens is 1. The highest BCUT2D eigenvalue weighted by Crippen LogP contribution is 2.17. The molecular formula is C18H27IN4O3. The molecule has 144 valence electrons. The summed E-state index contributed by atoms with van der Waals surface area (Å²) >= 11 is 0. The Kier molecular flexibility index (Phi) is 10.7. The molecule has 0 amide bonds. The van der Waals surface area contributed by atoms with Crippen LogP contribution in [0.25, 0.3) is 0 Å². The maximum Gasteiger partial charge on any atom is 0.195 e. The Balaban J connectivity index is 0.00000338. The smallest absolute Gasteiger partial charge is 0.195 e. The zero-order chi connectivity index (χ0) is 17.9. The van der Waals surface area contributed by atoms with Gasteiger partial charge in [0.1, 0.15) is 5.75 Å². The molecule has 1 heterocycles. The zero-order valence-corrected chi connectivity index (χ0v) is 17.8. The van der Waals surface area contributed by atoms with Crippen LogP contribution in [-0.2, 0) is 17.7 Å². The Morgan fingerprint density at radius 1 is 1.27 bits per heavy atom. The van der Waals surface area contributed by atoms with Crippen molar-refractivity contribution in [3.63, 3.8) is 0 Å². The van der Waals surface area contributed by atoms with E-state index in [2.05, 4.69) is 20.8 Å². The SMILES string of the molecule is CCc1cc(CNC(=NC)Nc2cccc(OCCCOC)c2)on1.I. The molecule has 1 aromatic heterocycles. The molecule has 0 saturated heterocycles. The first-order valence-electron chi connectivity index (χ1n) is 8.39. The summed E-state index contributed by atoms with van der Waals surface area (Å²) in [6.07, 6.45) is 1.71. The topological polar surface area (TPSA) is 80.9 Å². The number of guanidine groups is 1. The second-order valence-electron chi connectivity index (χ2n) is 5.41. The molecule has 0 unspecified atom stereocenters. The van der Waals surface area contributed by atoms with Gasteiger partial charge in [-0.15, -0.1) is 24.0 Å². The molecule has 0 fully saturated rings. The minimum atomic E-state index is 0. The molecule has 2 rings (SSSR count). The molecule has 7 nitrogen and oxygen atoms in total. The first-order chi connectivity index (χ1) is 12.2. The van der Waals surface area contributed by atoms with E-state index < -0.39 is 0 Å². The Morgan fingerprint density at radius 2 is 2.12 bits per heavy atom. The van der Waals surface area contributed by atoms with Gasteiger partial charge in [-0.2, -0.15) is 0 Å². The number of hydrogen-bond donors (Lipinski definition) is 2. The summed E-state index contributed by atoms with van der Waals surface area (Å²) in [4.78, 5) is 4.22. The van der Waals surface area contributed by atoms with Crippen molar-refractivity contribution in [3.8, 4) is 5.75 Å². The van der Waals surface area contributed by atoms with Gasteiger partial charge in [0.25, 0.3) is 0 Å². The fourth-order valence-corrected chi connectivity index (χ4v) is 2.15. The molecule has 26 heavy (non-hydrogen) atoms. The van der Waals surface area contributed by atoms with Gasteiger partial charge < -0.3 is 24.6 Å². The maximum absolute atomic E-state index is 5.70. The Morgan fingerprint density at radius 3 is 2.81 bits per heavy atom. The molecule has 0 aliphatic heterocycles. The van der Waals surface area contributed by atoms with E-state index in [4.69, 9.17) is 14.0 Å².